The standard InChI is InChI=1S/C16H17NO3/c1-4-6-11(3)16(19)12-7-8-14-13(9-12)17(5-2)15(18)10-20-14/h1,7-9,11H,5-6,10H2,2-3H3. The third-order valence-electron chi connectivity index (χ3n) is 3.37. The fourth-order valence-electron chi connectivity index (χ4n) is 2.26. The van der Waals surface area contributed by atoms with Crippen molar-refractivity contribution in [2.75, 3.05) is 18.1 Å². The van der Waals surface area contributed by atoms with E-state index in [4.69, 9.17) is 11.2 Å². The van der Waals surface area contributed by atoms with Crippen molar-refractivity contribution in [3.63, 3.8) is 0 Å². The van der Waals surface area contributed by atoms with E-state index < -0.39 is 0 Å². The molecule has 1 amide bonds. The number of amides is 1. The second-order valence-electron chi connectivity index (χ2n) is 4.78. The first-order valence-corrected chi connectivity index (χ1v) is 6.63. The van der Waals surface area contributed by atoms with E-state index in [1.54, 1.807) is 30.0 Å². The molecular formula is C16H17NO3. The Morgan fingerprint density at radius 1 is 1.55 bits per heavy atom. The molecule has 0 saturated heterocycles. The Hall–Kier alpha value is -2.28. The number of Topliss-reactive ketones (excluding diaryl/α,β-unsaturated/α-hetero) is 1. The van der Waals surface area contributed by atoms with Crippen molar-refractivity contribution in [2.24, 2.45) is 5.92 Å². The van der Waals surface area contributed by atoms with Gasteiger partial charge in [0.1, 0.15) is 5.75 Å². The Labute approximate surface area is 118 Å². The zero-order valence-electron chi connectivity index (χ0n) is 11.7. The lowest BCUT2D eigenvalue weighted by Gasteiger charge is -2.28. The van der Waals surface area contributed by atoms with Crippen LogP contribution in [-0.2, 0) is 4.79 Å². The van der Waals surface area contributed by atoms with Crippen LogP contribution in [0.4, 0.5) is 5.69 Å². The van der Waals surface area contributed by atoms with Crippen LogP contribution in [0.25, 0.3) is 0 Å². The SMILES string of the molecule is C#CCC(C)C(=O)c1ccc2c(c1)N(CC)C(=O)CO2. The average Bonchev–Trinajstić information content (AvgIpc) is 2.46. The van der Waals surface area contributed by atoms with Crippen LogP contribution in [0.15, 0.2) is 18.2 Å². The molecule has 1 aliphatic rings. The lowest BCUT2D eigenvalue weighted by Crippen LogP contribution is -2.38. The quantitative estimate of drug-likeness (QED) is 0.623. The second-order valence-corrected chi connectivity index (χ2v) is 4.78. The Kier molecular flexibility index (Phi) is 4.09. The molecule has 1 aliphatic heterocycles. The van der Waals surface area contributed by atoms with Crippen molar-refractivity contribution >= 4 is 17.4 Å². The monoisotopic (exact) mass is 271 g/mol. The van der Waals surface area contributed by atoms with Gasteiger partial charge in [-0.1, -0.05) is 6.92 Å². The van der Waals surface area contributed by atoms with Gasteiger partial charge in [0, 0.05) is 24.4 Å². The van der Waals surface area contributed by atoms with Crippen molar-refractivity contribution in [3.05, 3.63) is 23.8 Å². The van der Waals surface area contributed by atoms with Crippen LogP contribution in [0.1, 0.15) is 30.6 Å². The molecule has 0 fully saturated rings. The summed E-state index contributed by atoms with van der Waals surface area (Å²) in [5.41, 5.74) is 1.21. The molecule has 1 aromatic rings. The molecule has 0 saturated carbocycles. The molecular weight excluding hydrogens is 254 g/mol. The van der Waals surface area contributed by atoms with Gasteiger partial charge in [-0.15, -0.1) is 12.3 Å². The summed E-state index contributed by atoms with van der Waals surface area (Å²) in [4.78, 5) is 25.7. The van der Waals surface area contributed by atoms with Gasteiger partial charge < -0.3 is 9.64 Å². The number of hydrogen-bond donors (Lipinski definition) is 0. The van der Waals surface area contributed by atoms with Gasteiger partial charge >= 0.3 is 0 Å². The summed E-state index contributed by atoms with van der Waals surface area (Å²) in [6, 6.07) is 5.17. The van der Waals surface area contributed by atoms with Crippen LogP contribution >= 0.6 is 0 Å². The maximum Gasteiger partial charge on any atom is 0.265 e. The Bertz CT molecular complexity index is 586. The molecule has 4 heteroatoms. The number of nitrogens with zero attached hydrogens (tertiary/aromatic N) is 1. The number of likely N-dealkylation sites (N-methyl/N-ethyl adjacent to an activating group) is 1. The van der Waals surface area contributed by atoms with E-state index in [9.17, 15) is 9.59 Å². The summed E-state index contributed by atoms with van der Waals surface area (Å²) in [6.45, 7) is 4.29. The van der Waals surface area contributed by atoms with Gasteiger partial charge in [0.05, 0.1) is 5.69 Å². The van der Waals surface area contributed by atoms with Gasteiger partial charge in [-0.05, 0) is 25.1 Å². The van der Waals surface area contributed by atoms with Crippen molar-refractivity contribution < 1.29 is 14.3 Å². The largest absolute Gasteiger partial charge is 0.482 e. The minimum atomic E-state index is -0.228. The fraction of sp³-hybridized carbons (Fsp3) is 0.375. The number of anilines is 1. The van der Waals surface area contributed by atoms with Crippen LogP contribution in [0.3, 0.4) is 0 Å². The topological polar surface area (TPSA) is 46.6 Å². The molecule has 2 rings (SSSR count). The van der Waals surface area contributed by atoms with E-state index >= 15 is 0 Å². The van der Waals surface area contributed by atoms with Crippen molar-refractivity contribution in [3.8, 4) is 18.1 Å². The van der Waals surface area contributed by atoms with Gasteiger partial charge in [-0.3, -0.25) is 9.59 Å². The van der Waals surface area contributed by atoms with E-state index in [1.165, 1.54) is 0 Å². The number of fused-ring (bicyclic) bond motifs is 1. The zero-order valence-corrected chi connectivity index (χ0v) is 11.7. The van der Waals surface area contributed by atoms with Crippen molar-refractivity contribution in [2.45, 2.75) is 20.3 Å². The number of ketones is 1. The first-order chi connectivity index (χ1) is 9.58. The number of carbonyl (C=O) groups is 2. The highest BCUT2D eigenvalue weighted by molar-refractivity contribution is 6.02. The van der Waals surface area contributed by atoms with Gasteiger partial charge in [0.2, 0.25) is 0 Å². The lowest BCUT2D eigenvalue weighted by atomic mass is 9.96. The van der Waals surface area contributed by atoms with Crippen molar-refractivity contribution in [1.82, 2.24) is 0 Å². The number of rotatable bonds is 4. The highest BCUT2D eigenvalue weighted by Crippen LogP contribution is 2.33. The predicted octanol–water partition coefficient (Wildman–Crippen LogP) is 2.27. The minimum Gasteiger partial charge on any atom is -0.482 e. The first kappa shape index (κ1) is 14.1. The highest BCUT2D eigenvalue weighted by atomic mass is 16.5. The molecule has 1 unspecified atom stereocenters. The minimum absolute atomic E-state index is 0.0141. The van der Waals surface area contributed by atoms with E-state index in [0.29, 0.717) is 30.0 Å². The summed E-state index contributed by atoms with van der Waals surface area (Å²) in [5, 5.41) is 0. The smallest absolute Gasteiger partial charge is 0.265 e. The number of carbonyl (C=O) groups excluding carboxylic acids is 2. The van der Waals surface area contributed by atoms with Crippen LogP contribution in [0.2, 0.25) is 0 Å². The molecule has 1 aromatic carbocycles. The molecule has 1 heterocycles. The van der Waals surface area contributed by atoms with Gasteiger partial charge in [-0.2, -0.15) is 0 Å². The molecule has 0 radical (unpaired) electrons. The summed E-state index contributed by atoms with van der Waals surface area (Å²) in [5.74, 6) is 2.79. The zero-order chi connectivity index (χ0) is 14.7. The number of ether oxygens (including phenoxy) is 1. The fourth-order valence-corrected chi connectivity index (χ4v) is 2.26. The summed E-state index contributed by atoms with van der Waals surface area (Å²) >= 11 is 0. The maximum absolute atomic E-state index is 12.3. The van der Waals surface area contributed by atoms with Crippen LogP contribution in [0.5, 0.6) is 5.75 Å². The molecule has 0 aromatic heterocycles. The van der Waals surface area contributed by atoms with E-state index in [-0.39, 0.29) is 24.2 Å². The Balaban J connectivity index is 2.36. The lowest BCUT2D eigenvalue weighted by molar-refractivity contribution is -0.121. The normalized spacial score (nSPS) is 15.1. The first-order valence-electron chi connectivity index (χ1n) is 6.63. The number of benzene rings is 1. The Morgan fingerprint density at radius 2 is 2.30 bits per heavy atom. The molecule has 4 nitrogen and oxygen atoms in total. The highest BCUT2D eigenvalue weighted by Gasteiger charge is 2.25. The second kappa shape index (κ2) is 5.79. The van der Waals surface area contributed by atoms with Crippen LogP contribution < -0.4 is 9.64 Å². The van der Waals surface area contributed by atoms with Crippen LogP contribution in [0, 0.1) is 18.3 Å². The van der Waals surface area contributed by atoms with Gasteiger partial charge in [-0.25, -0.2) is 0 Å². The summed E-state index contributed by atoms with van der Waals surface area (Å²) in [6.07, 6.45) is 5.65. The Morgan fingerprint density at radius 3 is 2.95 bits per heavy atom. The predicted molar refractivity (Wildman–Crippen MR) is 76.9 cm³/mol. The van der Waals surface area contributed by atoms with Gasteiger partial charge in [0.25, 0.3) is 5.91 Å². The maximum atomic E-state index is 12.3. The van der Waals surface area contributed by atoms with Crippen molar-refractivity contribution in [1.29, 1.82) is 0 Å². The van der Waals surface area contributed by atoms with Crippen LogP contribution in [-0.4, -0.2) is 24.8 Å². The third kappa shape index (κ3) is 2.53. The third-order valence-corrected chi connectivity index (χ3v) is 3.37. The average molecular weight is 271 g/mol. The molecule has 0 spiro atoms. The summed E-state index contributed by atoms with van der Waals surface area (Å²) in [7, 11) is 0. The number of hydrogen-bond acceptors (Lipinski definition) is 3. The molecule has 0 N–H and O–H groups in total. The van der Waals surface area contributed by atoms with E-state index in [2.05, 4.69) is 5.92 Å². The van der Waals surface area contributed by atoms with E-state index in [1.807, 2.05) is 6.92 Å². The molecule has 20 heavy (non-hydrogen) atoms. The van der Waals surface area contributed by atoms with Gasteiger partial charge in [0.15, 0.2) is 12.4 Å². The number of terminal acetylenes is 1. The van der Waals surface area contributed by atoms with E-state index in [0.717, 1.165) is 0 Å². The molecule has 104 valence electrons. The molecule has 0 aliphatic carbocycles. The molecule has 1 atom stereocenters. The molecule has 0 bridgehead atoms. The summed E-state index contributed by atoms with van der Waals surface area (Å²) < 4.78 is 5.38.